The summed E-state index contributed by atoms with van der Waals surface area (Å²) in [5.74, 6) is 2.77. The molecule has 1 aliphatic rings. The van der Waals surface area contributed by atoms with Crippen LogP contribution in [0.15, 0.2) is 4.99 Å². The first-order valence-corrected chi connectivity index (χ1v) is 8.69. The first-order valence-electron chi connectivity index (χ1n) is 8.69. The number of guanidine groups is 1. The highest BCUT2D eigenvalue weighted by atomic mass is 127. The number of nitrogens with zero attached hydrogens (tertiary/aromatic N) is 2. The summed E-state index contributed by atoms with van der Waals surface area (Å²) in [6.45, 7) is 11.9. The van der Waals surface area contributed by atoms with E-state index < -0.39 is 0 Å². The third-order valence-corrected chi connectivity index (χ3v) is 3.99. The van der Waals surface area contributed by atoms with Gasteiger partial charge < -0.3 is 15.0 Å². The Bertz CT molecular complexity index is 298. The van der Waals surface area contributed by atoms with Crippen LogP contribution in [0.4, 0.5) is 0 Å². The lowest BCUT2D eigenvalue weighted by atomic mass is 9.97. The normalized spacial score (nSPS) is 18.7. The average Bonchev–Trinajstić information content (AvgIpc) is 2.89. The van der Waals surface area contributed by atoms with E-state index in [1.807, 2.05) is 0 Å². The van der Waals surface area contributed by atoms with Gasteiger partial charge in [-0.15, -0.1) is 24.0 Å². The number of halogens is 1. The van der Waals surface area contributed by atoms with Crippen LogP contribution in [0.3, 0.4) is 0 Å². The largest absolute Gasteiger partial charge is 0.385 e. The number of nitrogens with one attached hydrogen (secondary N) is 1. The van der Waals surface area contributed by atoms with Crippen molar-refractivity contribution >= 4 is 29.9 Å². The number of hydrogen-bond donors (Lipinski definition) is 1. The van der Waals surface area contributed by atoms with Crippen molar-refractivity contribution in [3.05, 3.63) is 0 Å². The van der Waals surface area contributed by atoms with E-state index >= 15 is 0 Å². The maximum atomic E-state index is 5.08. The van der Waals surface area contributed by atoms with Crippen LogP contribution in [0, 0.1) is 11.8 Å². The summed E-state index contributed by atoms with van der Waals surface area (Å²) in [5.41, 5.74) is 0. The van der Waals surface area contributed by atoms with E-state index in [9.17, 15) is 0 Å². The topological polar surface area (TPSA) is 36.9 Å². The molecule has 1 atom stereocenters. The second-order valence-electron chi connectivity index (χ2n) is 6.52. The van der Waals surface area contributed by atoms with Gasteiger partial charge in [-0.1, -0.05) is 13.8 Å². The van der Waals surface area contributed by atoms with Crippen LogP contribution in [-0.2, 0) is 4.74 Å². The number of hydrogen-bond acceptors (Lipinski definition) is 2. The van der Waals surface area contributed by atoms with E-state index in [4.69, 9.17) is 9.73 Å². The minimum Gasteiger partial charge on any atom is -0.385 e. The molecule has 1 unspecified atom stereocenters. The van der Waals surface area contributed by atoms with E-state index in [2.05, 4.69) is 31.0 Å². The molecular formula is C17H36IN3O. The molecule has 0 saturated carbocycles. The molecule has 0 spiro atoms. The van der Waals surface area contributed by atoms with Crippen molar-refractivity contribution in [1.82, 2.24) is 10.2 Å². The van der Waals surface area contributed by atoms with Crippen molar-refractivity contribution in [2.45, 2.75) is 52.9 Å². The summed E-state index contributed by atoms with van der Waals surface area (Å²) < 4.78 is 5.08. The molecular weight excluding hydrogens is 389 g/mol. The van der Waals surface area contributed by atoms with Crippen LogP contribution in [0.2, 0.25) is 0 Å². The van der Waals surface area contributed by atoms with Gasteiger partial charge in [-0.25, -0.2) is 0 Å². The predicted octanol–water partition coefficient (Wildman–Crippen LogP) is 3.75. The van der Waals surface area contributed by atoms with Crippen LogP contribution < -0.4 is 5.32 Å². The third kappa shape index (κ3) is 9.18. The van der Waals surface area contributed by atoms with Crippen molar-refractivity contribution in [1.29, 1.82) is 0 Å². The quantitative estimate of drug-likeness (QED) is 0.265. The van der Waals surface area contributed by atoms with Crippen molar-refractivity contribution in [2.24, 2.45) is 16.8 Å². The minimum absolute atomic E-state index is 0. The van der Waals surface area contributed by atoms with E-state index in [-0.39, 0.29) is 24.0 Å². The molecule has 1 aliphatic heterocycles. The molecule has 132 valence electrons. The Kier molecular flexibility index (Phi) is 13.4. The Morgan fingerprint density at radius 3 is 2.73 bits per heavy atom. The highest BCUT2D eigenvalue weighted by molar-refractivity contribution is 14.0. The Labute approximate surface area is 154 Å². The Morgan fingerprint density at radius 2 is 2.09 bits per heavy atom. The SMILES string of the molecule is CCNC(=NCCCCCOC)N1CCC(CC(C)C)C1.I. The van der Waals surface area contributed by atoms with Gasteiger partial charge in [0.2, 0.25) is 0 Å². The summed E-state index contributed by atoms with van der Waals surface area (Å²) in [6, 6.07) is 0. The Hall–Kier alpha value is -0.0400. The molecule has 0 amide bonds. The van der Waals surface area contributed by atoms with E-state index in [1.54, 1.807) is 7.11 Å². The fourth-order valence-electron chi connectivity index (χ4n) is 3.03. The first kappa shape index (κ1) is 22.0. The maximum Gasteiger partial charge on any atom is 0.193 e. The summed E-state index contributed by atoms with van der Waals surface area (Å²) in [4.78, 5) is 7.25. The van der Waals surface area contributed by atoms with E-state index in [0.29, 0.717) is 0 Å². The standard InChI is InChI=1S/C17H35N3O.HI/c1-5-18-17(19-10-7-6-8-12-21-4)20-11-9-16(14-20)13-15(2)3;/h15-16H,5-14H2,1-4H3,(H,18,19);1H. The van der Waals surface area contributed by atoms with Crippen LogP contribution in [0.1, 0.15) is 52.9 Å². The molecule has 1 fully saturated rings. The van der Waals surface area contributed by atoms with Gasteiger partial charge in [-0.3, -0.25) is 4.99 Å². The fourth-order valence-corrected chi connectivity index (χ4v) is 3.03. The second-order valence-corrected chi connectivity index (χ2v) is 6.52. The highest BCUT2D eigenvalue weighted by Crippen LogP contribution is 2.23. The molecule has 0 radical (unpaired) electrons. The second kappa shape index (κ2) is 13.4. The molecule has 0 bridgehead atoms. The van der Waals surface area contributed by atoms with Crippen LogP contribution >= 0.6 is 24.0 Å². The Morgan fingerprint density at radius 1 is 1.32 bits per heavy atom. The summed E-state index contributed by atoms with van der Waals surface area (Å²) >= 11 is 0. The maximum absolute atomic E-state index is 5.08. The zero-order valence-corrected chi connectivity index (χ0v) is 17.3. The first-order chi connectivity index (χ1) is 10.2. The third-order valence-electron chi connectivity index (χ3n) is 3.99. The molecule has 0 aromatic heterocycles. The monoisotopic (exact) mass is 425 g/mol. The van der Waals surface area contributed by atoms with Gasteiger partial charge in [0, 0.05) is 39.9 Å². The molecule has 1 rings (SSSR count). The van der Waals surface area contributed by atoms with Gasteiger partial charge in [-0.05, 0) is 50.9 Å². The van der Waals surface area contributed by atoms with Gasteiger partial charge in [0.15, 0.2) is 5.96 Å². The smallest absolute Gasteiger partial charge is 0.193 e. The van der Waals surface area contributed by atoms with Crippen molar-refractivity contribution < 1.29 is 4.74 Å². The molecule has 1 N–H and O–H groups in total. The highest BCUT2D eigenvalue weighted by Gasteiger charge is 2.25. The van der Waals surface area contributed by atoms with Gasteiger partial charge in [0.05, 0.1) is 0 Å². The van der Waals surface area contributed by atoms with Crippen molar-refractivity contribution in [3.63, 3.8) is 0 Å². The molecule has 5 heteroatoms. The predicted molar refractivity (Wildman–Crippen MR) is 106 cm³/mol. The molecule has 1 heterocycles. The van der Waals surface area contributed by atoms with Gasteiger partial charge in [0.25, 0.3) is 0 Å². The van der Waals surface area contributed by atoms with Gasteiger partial charge in [0.1, 0.15) is 0 Å². The van der Waals surface area contributed by atoms with Crippen LogP contribution in [0.5, 0.6) is 0 Å². The molecule has 0 aliphatic carbocycles. The number of likely N-dealkylation sites (tertiary alicyclic amines) is 1. The lowest BCUT2D eigenvalue weighted by molar-refractivity contribution is 0.192. The van der Waals surface area contributed by atoms with E-state index in [1.165, 1.54) is 25.8 Å². The number of unbranched alkanes of at least 4 members (excludes halogenated alkanes) is 2. The molecule has 22 heavy (non-hydrogen) atoms. The fraction of sp³-hybridized carbons (Fsp3) is 0.941. The number of methoxy groups -OCH3 is 1. The zero-order valence-electron chi connectivity index (χ0n) is 14.9. The number of rotatable bonds is 9. The van der Waals surface area contributed by atoms with Crippen LogP contribution in [0.25, 0.3) is 0 Å². The number of ether oxygens (including phenoxy) is 1. The van der Waals surface area contributed by atoms with Crippen molar-refractivity contribution in [3.8, 4) is 0 Å². The summed E-state index contributed by atoms with van der Waals surface area (Å²) in [7, 11) is 1.77. The molecule has 0 aromatic rings. The summed E-state index contributed by atoms with van der Waals surface area (Å²) in [6.07, 6.45) is 6.15. The van der Waals surface area contributed by atoms with Crippen molar-refractivity contribution in [2.75, 3.05) is 39.9 Å². The zero-order chi connectivity index (χ0) is 15.5. The summed E-state index contributed by atoms with van der Waals surface area (Å²) in [5, 5.41) is 3.45. The van der Waals surface area contributed by atoms with E-state index in [0.717, 1.165) is 56.9 Å². The van der Waals surface area contributed by atoms with Crippen LogP contribution in [-0.4, -0.2) is 50.8 Å². The Balaban J connectivity index is 0.00000441. The minimum atomic E-state index is 0. The average molecular weight is 425 g/mol. The van der Waals surface area contributed by atoms with Gasteiger partial charge >= 0.3 is 0 Å². The lowest BCUT2D eigenvalue weighted by Crippen LogP contribution is -2.40. The molecule has 4 nitrogen and oxygen atoms in total. The molecule has 0 aromatic carbocycles. The lowest BCUT2D eigenvalue weighted by Gasteiger charge is -2.22. The van der Waals surface area contributed by atoms with Gasteiger partial charge in [-0.2, -0.15) is 0 Å². The number of aliphatic imine (C=N–C) groups is 1. The molecule has 1 saturated heterocycles.